The van der Waals surface area contributed by atoms with Crippen LogP contribution in [0.3, 0.4) is 0 Å². The molecule has 0 bridgehead atoms. The predicted molar refractivity (Wildman–Crippen MR) is 79.3 cm³/mol. The number of nitrogens with zero attached hydrogens (tertiary/aromatic N) is 1. The Morgan fingerprint density at radius 1 is 1.63 bits per heavy atom. The van der Waals surface area contributed by atoms with E-state index >= 15 is 0 Å². The number of likely N-dealkylation sites (tertiary alicyclic amines) is 1. The Morgan fingerprint density at radius 2 is 2.47 bits per heavy atom. The fraction of sp³-hybridized carbons (Fsp3) is 0.533. The molecule has 1 saturated heterocycles. The van der Waals surface area contributed by atoms with Crippen LogP contribution in [0.5, 0.6) is 0 Å². The van der Waals surface area contributed by atoms with Gasteiger partial charge in [0.25, 0.3) is 0 Å². The molecule has 0 aliphatic carbocycles. The topological polar surface area (TPSA) is 40.5 Å². The minimum Gasteiger partial charge on any atom is -0.478 e. The van der Waals surface area contributed by atoms with E-state index in [0.29, 0.717) is 0 Å². The highest BCUT2D eigenvalue weighted by Gasteiger charge is 2.19. The van der Waals surface area contributed by atoms with E-state index in [4.69, 9.17) is 5.11 Å². The molecule has 2 heterocycles. The quantitative estimate of drug-likeness (QED) is 0.839. The first-order chi connectivity index (χ1) is 9.19. The zero-order chi connectivity index (χ0) is 13.7. The van der Waals surface area contributed by atoms with Crippen molar-refractivity contribution in [3.8, 4) is 0 Å². The monoisotopic (exact) mass is 279 g/mol. The smallest absolute Gasteiger partial charge is 0.328 e. The second kappa shape index (κ2) is 6.87. The normalized spacial score (nSPS) is 21.0. The van der Waals surface area contributed by atoms with Gasteiger partial charge >= 0.3 is 5.97 Å². The molecule has 1 unspecified atom stereocenters. The molecule has 0 aromatic carbocycles. The average Bonchev–Trinajstić information content (AvgIpc) is 2.84. The molecule has 1 N–H and O–H groups in total. The molecule has 4 heteroatoms. The van der Waals surface area contributed by atoms with Crippen LogP contribution < -0.4 is 0 Å². The SMILES string of the molecule is CCC1CCCN(Cc2sccc2C=CC(=O)O)C1. The third-order valence-electron chi connectivity index (χ3n) is 3.73. The molecule has 1 aromatic rings. The Labute approximate surface area is 118 Å². The van der Waals surface area contributed by atoms with E-state index in [1.807, 2.05) is 11.4 Å². The number of aliphatic carboxylic acids is 1. The van der Waals surface area contributed by atoms with Gasteiger partial charge in [-0.15, -0.1) is 11.3 Å². The van der Waals surface area contributed by atoms with Crippen molar-refractivity contribution in [1.82, 2.24) is 4.90 Å². The summed E-state index contributed by atoms with van der Waals surface area (Å²) in [5.74, 6) is -0.0621. The third-order valence-corrected chi connectivity index (χ3v) is 4.65. The van der Waals surface area contributed by atoms with Gasteiger partial charge in [-0.2, -0.15) is 0 Å². The van der Waals surface area contributed by atoms with Crippen molar-refractivity contribution in [3.05, 3.63) is 28.0 Å². The Balaban J connectivity index is 1.99. The lowest BCUT2D eigenvalue weighted by atomic mass is 9.95. The Morgan fingerprint density at radius 3 is 3.21 bits per heavy atom. The van der Waals surface area contributed by atoms with Gasteiger partial charge in [0.2, 0.25) is 0 Å². The molecule has 1 fully saturated rings. The molecule has 0 radical (unpaired) electrons. The highest BCUT2D eigenvalue weighted by molar-refractivity contribution is 7.10. The number of carboxylic acid groups (broad SMARTS) is 1. The summed E-state index contributed by atoms with van der Waals surface area (Å²) in [5, 5.41) is 10.7. The van der Waals surface area contributed by atoms with Crippen LogP contribution in [0.1, 0.15) is 36.6 Å². The van der Waals surface area contributed by atoms with E-state index in [-0.39, 0.29) is 0 Å². The van der Waals surface area contributed by atoms with Gasteiger partial charge in [-0.3, -0.25) is 4.90 Å². The van der Waals surface area contributed by atoms with Crippen LogP contribution in [-0.4, -0.2) is 29.1 Å². The molecule has 1 aromatic heterocycles. The minimum atomic E-state index is -0.888. The zero-order valence-corrected chi connectivity index (χ0v) is 12.2. The minimum absolute atomic E-state index is 0.826. The van der Waals surface area contributed by atoms with Gasteiger partial charge in [0, 0.05) is 24.0 Å². The summed E-state index contributed by atoms with van der Waals surface area (Å²) < 4.78 is 0. The van der Waals surface area contributed by atoms with Crippen molar-refractivity contribution in [1.29, 1.82) is 0 Å². The summed E-state index contributed by atoms with van der Waals surface area (Å²) >= 11 is 1.72. The van der Waals surface area contributed by atoms with Gasteiger partial charge < -0.3 is 5.11 Å². The van der Waals surface area contributed by atoms with E-state index in [1.165, 1.54) is 36.8 Å². The average molecular weight is 279 g/mol. The summed E-state index contributed by atoms with van der Waals surface area (Å²) in [7, 11) is 0. The maximum absolute atomic E-state index is 10.6. The van der Waals surface area contributed by atoms with Gasteiger partial charge in [0.05, 0.1) is 0 Å². The van der Waals surface area contributed by atoms with Crippen molar-refractivity contribution >= 4 is 23.4 Å². The molecule has 104 valence electrons. The highest BCUT2D eigenvalue weighted by atomic mass is 32.1. The van der Waals surface area contributed by atoms with Crippen molar-refractivity contribution in [2.75, 3.05) is 13.1 Å². The maximum atomic E-state index is 10.6. The van der Waals surface area contributed by atoms with Gasteiger partial charge in [0.1, 0.15) is 0 Å². The van der Waals surface area contributed by atoms with Crippen molar-refractivity contribution in [2.45, 2.75) is 32.7 Å². The predicted octanol–water partition coefficient (Wildman–Crippen LogP) is 3.47. The van der Waals surface area contributed by atoms with Crippen molar-refractivity contribution in [2.24, 2.45) is 5.92 Å². The third kappa shape index (κ3) is 4.18. The number of carboxylic acids is 1. The molecule has 1 aliphatic heterocycles. The van der Waals surface area contributed by atoms with Crippen LogP contribution in [0, 0.1) is 5.92 Å². The molecule has 0 spiro atoms. The molecule has 2 rings (SSSR count). The van der Waals surface area contributed by atoms with Crippen LogP contribution in [0.15, 0.2) is 17.5 Å². The lowest BCUT2D eigenvalue weighted by Gasteiger charge is -2.32. The van der Waals surface area contributed by atoms with Gasteiger partial charge in [-0.1, -0.05) is 13.3 Å². The van der Waals surface area contributed by atoms with Gasteiger partial charge in [-0.25, -0.2) is 4.79 Å². The van der Waals surface area contributed by atoms with Crippen LogP contribution in [0.2, 0.25) is 0 Å². The summed E-state index contributed by atoms with van der Waals surface area (Å²) in [4.78, 5) is 14.4. The largest absolute Gasteiger partial charge is 0.478 e. The van der Waals surface area contributed by atoms with Crippen LogP contribution >= 0.6 is 11.3 Å². The second-order valence-corrected chi connectivity index (χ2v) is 6.12. The Hall–Kier alpha value is -1.13. The second-order valence-electron chi connectivity index (χ2n) is 5.12. The molecular weight excluding hydrogens is 258 g/mol. The van der Waals surface area contributed by atoms with Crippen molar-refractivity contribution < 1.29 is 9.90 Å². The molecule has 3 nitrogen and oxygen atoms in total. The van der Waals surface area contributed by atoms with Crippen LogP contribution in [-0.2, 0) is 11.3 Å². The standard InChI is InChI=1S/C15H21NO2S/c1-2-12-4-3-8-16(10-12)11-14-13(7-9-19-14)5-6-15(17)18/h5-7,9,12H,2-4,8,10-11H2,1H3,(H,17,18). The molecule has 1 aliphatic rings. The molecule has 0 saturated carbocycles. The first-order valence-corrected chi connectivity index (χ1v) is 7.76. The van der Waals surface area contributed by atoms with Crippen LogP contribution in [0.4, 0.5) is 0 Å². The fourth-order valence-corrected chi connectivity index (χ4v) is 3.53. The van der Waals surface area contributed by atoms with E-state index in [0.717, 1.165) is 24.6 Å². The summed E-state index contributed by atoms with van der Waals surface area (Å²) in [6.45, 7) is 5.56. The first-order valence-electron chi connectivity index (χ1n) is 6.88. The number of hydrogen-bond acceptors (Lipinski definition) is 3. The van der Waals surface area contributed by atoms with E-state index < -0.39 is 5.97 Å². The summed E-state index contributed by atoms with van der Waals surface area (Å²) in [6, 6.07) is 2.00. The molecule has 0 amide bonds. The van der Waals surface area contributed by atoms with Crippen LogP contribution in [0.25, 0.3) is 6.08 Å². The van der Waals surface area contributed by atoms with Gasteiger partial charge in [0.15, 0.2) is 0 Å². The maximum Gasteiger partial charge on any atom is 0.328 e. The van der Waals surface area contributed by atoms with E-state index in [9.17, 15) is 4.79 Å². The number of rotatable bonds is 5. The van der Waals surface area contributed by atoms with Crippen molar-refractivity contribution in [3.63, 3.8) is 0 Å². The fourth-order valence-electron chi connectivity index (χ4n) is 2.62. The Kier molecular flexibility index (Phi) is 5.16. The lowest BCUT2D eigenvalue weighted by molar-refractivity contribution is -0.131. The molecule has 1 atom stereocenters. The zero-order valence-electron chi connectivity index (χ0n) is 11.3. The lowest BCUT2D eigenvalue weighted by Crippen LogP contribution is -2.34. The molecular formula is C15H21NO2S. The Bertz CT molecular complexity index is 453. The number of thiophene rings is 1. The van der Waals surface area contributed by atoms with Gasteiger partial charge in [-0.05, 0) is 48.4 Å². The molecule has 19 heavy (non-hydrogen) atoms. The number of carbonyl (C=O) groups is 1. The van der Waals surface area contributed by atoms with E-state index in [2.05, 4.69) is 11.8 Å². The number of piperidine rings is 1. The summed E-state index contributed by atoms with van der Waals surface area (Å²) in [6.07, 6.45) is 6.81. The first kappa shape index (κ1) is 14.3. The summed E-state index contributed by atoms with van der Waals surface area (Å²) in [5.41, 5.74) is 1.05. The van der Waals surface area contributed by atoms with E-state index in [1.54, 1.807) is 17.4 Å². The number of hydrogen-bond donors (Lipinski definition) is 1. The highest BCUT2D eigenvalue weighted by Crippen LogP contribution is 2.25.